The third-order valence-corrected chi connectivity index (χ3v) is 2.79. The van der Waals surface area contributed by atoms with Crippen LogP contribution < -0.4 is 10.1 Å². The Morgan fingerprint density at radius 1 is 1.36 bits per heavy atom. The van der Waals surface area contributed by atoms with E-state index in [-0.39, 0.29) is 0 Å². The Bertz CT molecular complexity index is 315. The third-order valence-electron chi connectivity index (χ3n) is 1.74. The number of hydrogen-bond donors (Lipinski definition) is 1. The average Bonchev–Trinajstić information content (AvgIpc) is 2.11. The molecule has 0 atom stereocenters. The summed E-state index contributed by atoms with van der Waals surface area (Å²) >= 11 is 6.94. The van der Waals surface area contributed by atoms with Crippen LogP contribution in [0, 0.1) is 0 Å². The Morgan fingerprint density at radius 3 is 2.64 bits per heavy atom. The van der Waals surface area contributed by atoms with Crippen LogP contribution in [0.1, 0.15) is 12.5 Å². The van der Waals surface area contributed by atoms with Gasteiger partial charge in [0.15, 0.2) is 0 Å². The van der Waals surface area contributed by atoms with Crippen molar-refractivity contribution in [2.75, 3.05) is 13.7 Å². The summed E-state index contributed by atoms with van der Waals surface area (Å²) in [7, 11) is 1.92. The van der Waals surface area contributed by atoms with Crippen LogP contribution in [0.5, 0.6) is 5.75 Å². The molecule has 0 saturated carbocycles. The maximum absolute atomic E-state index is 5.57. The molecule has 0 unspecified atom stereocenters. The molecule has 0 amide bonds. The van der Waals surface area contributed by atoms with Gasteiger partial charge in [-0.05, 0) is 42.0 Å². The Morgan fingerprint density at radius 2 is 2.07 bits per heavy atom. The zero-order valence-corrected chi connectivity index (χ0v) is 11.4. The van der Waals surface area contributed by atoms with Gasteiger partial charge in [0.05, 0.1) is 11.1 Å². The summed E-state index contributed by atoms with van der Waals surface area (Å²) in [5.74, 6) is 0.921. The molecule has 1 N–H and O–H groups in total. The standard InChI is InChI=1S/C10H13Br2NO/c1-3-14-10-7(6-13-2)4-8(11)5-9(10)12/h4-5,13H,3,6H2,1-2H3. The lowest BCUT2D eigenvalue weighted by Gasteiger charge is -2.12. The van der Waals surface area contributed by atoms with Crippen LogP contribution >= 0.6 is 31.9 Å². The molecule has 0 spiro atoms. The van der Waals surface area contributed by atoms with Gasteiger partial charge in [-0.3, -0.25) is 0 Å². The molecule has 1 aromatic carbocycles. The van der Waals surface area contributed by atoms with Gasteiger partial charge in [-0.2, -0.15) is 0 Å². The van der Waals surface area contributed by atoms with Gasteiger partial charge in [-0.25, -0.2) is 0 Å². The van der Waals surface area contributed by atoms with Gasteiger partial charge < -0.3 is 10.1 Å². The van der Waals surface area contributed by atoms with Crippen LogP contribution in [0.15, 0.2) is 21.1 Å². The first-order valence-electron chi connectivity index (χ1n) is 4.44. The summed E-state index contributed by atoms with van der Waals surface area (Å²) in [5, 5.41) is 3.12. The van der Waals surface area contributed by atoms with Gasteiger partial charge in [0, 0.05) is 16.6 Å². The van der Waals surface area contributed by atoms with Crippen LogP contribution in [-0.2, 0) is 6.54 Å². The lowest BCUT2D eigenvalue weighted by Crippen LogP contribution is -2.08. The van der Waals surface area contributed by atoms with Crippen LogP contribution in [0.3, 0.4) is 0 Å². The molecule has 0 heterocycles. The molecule has 14 heavy (non-hydrogen) atoms. The van der Waals surface area contributed by atoms with Crippen LogP contribution in [-0.4, -0.2) is 13.7 Å². The molecule has 0 radical (unpaired) electrons. The number of ether oxygens (including phenoxy) is 1. The molecule has 0 aliphatic carbocycles. The van der Waals surface area contributed by atoms with Crippen molar-refractivity contribution in [2.45, 2.75) is 13.5 Å². The normalized spacial score (nSPS) is 10.3. The van der Waals surface area contributed by atoms with Crippen molar-refractivity contribution in [2.24, 2.45) is 0 Å². The first kappa shape index (κ1) is 12.0. The molecule has 0 aliphatic rings. The Kier molecular flexibility index (Phi) is 4.92. The fourth-order valence-electron chi connectivity index (χ4n) is 1.24. The minimum absolute atomic E-state index is 0.678. The molecule has 2 nitrogen and oxygen atoms in total. The summed E-state index contributed by atoms with van der Waals surface area (Å²) in [5.41, 5.74) is 1.15. The van der Waals surface area contributed by atoms with Gasteiger partial charge in [0.2, 0.25) is 0 Å². The average molecular weight is 323 g/mol. The first-order valence-corrected chi connectivity index (χ1v) is 6.03. The van der Waals surface area contributed by atoms with E-state index in [9.17, 15) is 0 Å². The van der Waals surface area contributed by atoms with Crippen molar-refractivity contribution in [3.8, 4) is 5.75 Å². The summed E-state index contributed by atoms with van der Waals surface area (Å²) in [6, 6.07) is 4.05. The van der Waals surface area contributed by atoms with E-state index in [4.69, 9.17) is 4.74 Å². The van der Waals surface area contributed by atoms with E-state index in [1.54, 1.807) is 0 Å². The second kappa shape index (κ2) is 5.73. The summed E-state index contributed by atoms with van der Waals surface area (Å²) < 4.78 is 7.61. The van der Waals surface area contributed by atoms with Crippen molar-refractivity contribution in [3.63, 3.8) is 0 Å². The van der Waals surface area contributed by atoms with Crippen molar-refractivity contribution in [1.29, 1.82) is 0 Å². The van der Waals surface area contributed by atoms with Crippen LogP contribution in [0.4, 0.5) is 0 Å². The van der Waals surface area contributed by atoms with E-state index in [1.165, 1.54) is 0 Å². The third kappa shape index (κ3) is 2.97. The minimum Gasteiger partial charge on any atom is -0.492 e. The fourth-order valence-corrected chi connectivity index (χ4v) is 2.67. The van der Waals surface area contributed by atoms with Crippen molar-refractivity contribution < 1.29 is 4.74 Å². The highest BCUT2D eigenvalue weighted by Crippen LogP contribution is 2.32. The molecule has 0 saturated heterocycles. The first-order chi connectivity index (χ1) is 6.69. The fraction of sp³-hybridized carbons (Fsp3) is 0.400. The number of rotatable bonds is 4. The highest BCUT2D eigenvalue weighted by Gasteiger charge is 2.08. The largest absolute Gasteiger partial charge is 0.492 e. The van der Waals surface area contributed by atoms with Crippen molar-refractivity contribution in [1.82, 2.24) is 5.32 Å². The highest BCUT2D eigenvalue weighted by molar-refractivity contribution is 9.11. The number of nitrogens with one attached hydrogen (secondary N) is 1. The van der Waals surface area contributed by atoms with E-state index in [2.05, 4.69) is 43.2 Å². The molecule has 78 valence electrons. The van der Waals surface area contributed by atoms with E-state index in [0.29, 0.717) is 6.61 Å². The topological polar surface area (TPSA) is 21.3 Å². The van der Waals surface area contributed by atoms with E-state index < -0.39 is 0 Å². The SMILES string of the molecule is CCOc1c(Br)cc(Br)cc1CNC. The number of halogens is 2. The molecule has 0 aliphatic heterocycles. The Balaban J connectivity index is 3.07. The molecule has 0 fully saturated rings. The van der Waals surface area contributed by atoms with E-state index in [1.807, 2.05) is 20.0 Å². The minimum atomic E-state index is 0.678. The predicted molar refractivity (Wildman–Crippen MR) is 65.8 cm³/mol. The molecular weight excluding hydrogens is 310 g/mol. The molecular formula is C10H13Br2NO. The van der Waals surface area contributed by atoms with E-state index >= 15 is 0 Å². The summed E-state index contributed by atoms with van der Waals surface area (Å²) in [4.78, 5) is 0. The maximum atomic E-state index is 5.57. The second-order valence-electron chi connectivity index (χ2n) is 2.84. The molecule has 1 aromatic rings. The van der Waals surface area contributed by atoms with Gasteiger partial charge >= 0.3 is 0 Å². The van der Waals surface area contributed by atoms with E-state index in [0.717, 1.165) is 26.8 Å². The van der Waals surface area contributed by atoms with Gasteiger partial charge in [0.25, 0.3) is 0 Å². The Hall–Kier alpha value is -0.0600. The quantitative estimate of drug-likeness (QED) is 0.918. The van der Waals surface area contributed by atoms with Gasteiger partial charge in [-0.15, -0.1) is 0 Å². The molecule has 4 heteroatoms. The van der Waals surface area contributed by atoms with Gasteiger partial charge in [0.1, 0.15) is 5.75 Å². The highest BCUT2D eigenvalue weighted by atomic mass is 79.9. The smallest absolute Gasteiger partial charge is 0.138 e. The monoisotopic (exact) mass is 321 g/mol. The lowest BCUT2D eigenvalue weighted by molar-refractivity contribution is 0.333. The number of hydrogen-bond acceptors (Lipinski definition) is 2. The predicted octanol–water partition coefficient (Wildman–Crippen LogP) is 3.33. The van der Waals surface area contributed by atoms with Crippen LogP contribution in [0.25, 0.3) is 0 Å². The van der Waals surface area contributed by atoms with Crippen LogP contribution in [0.2, 0.25) is 0 Å². The summed E-state index contributed by atoms with van der Waals surface area (Å²) in [6.07, 6.45) is 0. The van der Waals surface area contributed by atoms with Crippen molar-refractivity contribution in [3.05, 3.63) is 26.6 Å². The molecule has 0 bridgehead atoms. The molecule has 1 rings (SSSR count). The summed E-state index contributed by atoms with van der Waals surface area (Å²) in [6.45, 7) is 3.46. The maximum Gasteiger partial charge on any atom is 0.138 e. The lowest BCUT2D eigenvalue weighted by atomic mass is 10.2. The zero-order chi connectivity index (χ0) is 10.6. The van der Waals surface area contributed by atoms with Gasteiger partial charge in [-0.1, -0.05) is 15.9 Å². The zero-order valence-electron chi connectivity index (χ0n) is 8.23. The molecule has 0 aromatic heterocycles. The Labute approximate surface area is 101 Å². The number of benzene rings is 1. The van der Waals surface area contributed by atoms with Crippen molar-refractivity contribution >= 4 is 31.9 Å². The second-order valence-corrected chi connectivity index (χ2v) is 4.61.